The average Bonchev–Trinajstić information content (AvgIpc) is 2.66. The van der Waals surface area contributed by atoms with Crippen molar-refractivity contribution in [1.82, 2.24) is 0 Å². The molecule has 0 aliphatic heterocycles. The maximum atomic E-state index is 10.9. The standard InChI is InChI=1S/C11H10O4/c1-13-9-5-3-4-7-8(6-12)11(14-2)15-10(7)9/h3-6H,1-2H3. The number of carbonyl (C=O) groups excluding carboxylic acids is 1. The van der Waals surface area contributed by atoms with Gasteiger partial charge in [-0.05, 0) is 12.1 Å². The minimum atomic E-state index is 0.213. The summed E-state index contributed by atoms with van der Waals surface area (Å²) in [4.78, 5) is 10.9. The van der Waals surface area contributed by atoms with Crippen molar-refractivity contribution in [3.63, 3.8) is 0 Å². The largest absolute Gasteiger partial charge is 0.493 e. The second-order valence-electron chi connectivity index (χ2n) is 2.96. The van der Waals surface area contributed by atoms with Gasteiger partial charge in [-0.1, -0.05) is 6.07 Å². The van der Waals surface area contributed by atoms with Gasteiger partial charge in [-0.15, -0.1) is 0 Å². The zero-order valence-corrected chi connectivity index (χ0v) is 8.44. The number of benzene rings is 1. The molecule has 1 aromatic carbocycles. The van der Waals surface area contributed by atoms with Crippen LogP contribution in [-0.4, -0.2) is 20.5 Å². The summed E-state index contributed by atoms with van der Waals surface area (Å²) in [6.07, 6.45) is 0.712. The van der Waals surface area contributed by atoms with Crippen LogP contribution in [0, 0.1) is 0 Å². The highest BCUT2D eigenvalue weighted by atomic mass is 16.6. The summed E-state index contributed by atoms with van der Waals surface area (Å²) < 4.78 is 15.5. The van der Waals surface area contributed by atoms with Crippen molar-refractivity contribution in [2.45, 2.75) is 0 Å². The van der Waals surface area contributed by atoms with Crippen LogP contribution in [0.2, 0.25) is 0 Å². The lowest BCUT2D eigenvalue weighted by atomic mass is 10.2. The van der Waals surface area contributed by atoms with Crippen LogP contribution in [0.15, 0.2) is 22.6 Å². The number of aldehydes is 1. The fraction of sp³-hybridized carbons (Fsp3) is 0.182. The van der Waals surface area contributed by atoms with Gasteiger partial charge in [0.2, 0.25) is 0 Å². The SMILES string of the molecule is COc1oc2c(OC)cccc2c1C=O. The molecule has 0 amide bonds. The molecule has 1 heterocycles. The molecule has 0 atom stereocenters. The van der Waals surface area contributed by atoms with E-state index in [-0.39, 0.29) is 5.95 Å². The molecule has 0 spiro atoms. The first kappa shape index (κ1) is 9.58. The van der Waals surface area contributed by atoms with Crippen LogP contribution >= 0.6 is 0 Å². The number of fused-ring (bicyclic) bond motifs is 1. The summed E-state index contributed by atoms with van der Waals surface area (Å²) in [7, 11) is 3.00. The number of hydrogen-bond donors (Lipinski definition) is 0. The highest BCUT2D eigenvalue weighted by Crippen LogP contribution is 2.35. The molecule has 0 aliphatic rings. The number of para-hydroxylation sites is 1. The van der Waals surface area contributed by atoms with E-state index in [0.29, 0.717) is 28.6 Å². The Labute approximate surface area is 86.4 Å². The first-order valence-corrected chi connectivity index (χ1v) is 4.40. The molecule has 2 aromatic rings. The quantitative estimate of drug-likeness (QED) is 0.723. The molecular weight excluding hydrogens is 196 g/mol. The van der Waals surface area contributed by atoms with Crippen LogP contribution in [0.5, 0.6) is 11.7 Å². The van der Waals surface area contributed by atoms with E-state index in [0.717, 1.165) is 0 Å². The number of carbonyl (C=O) groups is 1. The van der Waals surface area contributed by atoms with E-state index in [2.05, 4.69) is 0 Å². The zero-order valence-electron chi connectivity index (χ0n) is 8.44. The van der Waals surface area contributed by atoms with Crippen LogP contribution in [0.1, 0.15) is 10.4 Å². The highest BCUT2D eigenvalue weighted by Gasteiger charge is 2.16. The lowest BCUT2D eigenvalue weighted by Gasteiger charge is -1.98. The third-order valence-corrected chi connectivity index (χ3v) is 2.21. The average molecular weight is 206 g/mol. The molecule has 4 nitrogen and oxygen atoms in total. The molecule has 0 N–H and O–H groups in total. The van der Waals surface area contributed by atoms with Crippen molar-refractivity contribution in [3.05, 3.63) is 23.8 Å². The predicted molar refractivity (Wildman–Crippen MR) is 54.7 cm³/mol. The predicted octanol–water partition coefficient (Wildman–Crippen LogP) is 2.26. The second-order valence-corrected chi connectivity index (χ2v) is 2.96. The summed E-state index contributed by atoms with van der Waals surface area (Å²) in [5.74, 6) is 0.795. The highest BCUT2D eigenvalue weighted by molar-refractivity contribution is 6.00. The topological polar surface area (TPSA) is 48.7 Å². The zero-order chi connectivity index (χ0) is 10.8. The van der Waals surface area contributed by atoms with Gasteiger partial charge in [-0.2, -0.15) is 0 Å². The summed E-state index contributed by atoms with van der Waals surface area (Å²) in [5.41, 5.74) is 0.936. The molecule has 0 saturated heterocycles. The summed E-state index contributed by atoms with van der Waals surface area (Å²) in [6.45, 7) is 0. The lowest BCUT2D eigenvalue weighted by molar-refractivity contribution is 0.111. The molecule has 0 saturated carbocycles. The number of ether oxygens (including phenoxy) is 2. The number of methoxy groups -OCH3 is 2. The van der Waals surface area contributed by atoms with Gasteiger partial charge in [0.15, 0.2) is 17.6 Å². The van der Waals surface area contributed by atoms with Crippen LogP contribution in [0.4, 0.5) is 0 Å². The van der Waals surface area contributed by atoms with Crippen LogP contribution < -0.4 is 9.47 Å². The van der Waals surface area contributed by atoms with Gasteiger partial charge in [-0.3, -0.25) is 4.79 Å². The van der Waals surface area contributed by atoms with Crippen molar-refractivity contribution in [1.29, 1.82) is 0 Å². The summed E-state index contributed by atoms with van der Waals surface area (Å²) in [6, 6.07) is 5.34. The van der Waals surface area contributed by atoms with Crippen LogP contribution in [0.3, 0.4) is 0 Å². The Morgan fingerprint density at radius 2 is 2.07 bits per heavy atom. The maximum absolute atomic E-state index is 10.9. The fourth-order valence-corrected chi connectivity index (χ4v) is 1.51. The molecule has 0 unspecified atom stereocenters. The van der Waals surface area contributed by atoms with E-state index in [9.17, 15) is 4.79 Å². The van der Waals surface area contributed by atoms with Gasteiger partial charge in [0.25, 0.3) is 5.95 Å². The Kier molecular flexibility index (Phi) is 2.33. The monoisotopic (exact) mass is 206 g/mol. The first-order chi connectivity index (χ1) is 7.31. The van der Waals surface area contributed by atoms with E-state index in [4.69, 9.17) is 13.9 Å². The molecule has 78 valence electrons. The lowest BCUT2D eigenvalue weighted by Crippen LogP contribution is -1.85. The smallest absolute Gasteiger partial charge is 0.296 e. The third kappa shape index (κ3) is 1.34. The Bertz CT molecular complexity index is 499. The van der Waals surface area contributed by atoms with Gasteiger partial charge in [0.1, 0.15) is 5.56 Å². The molecule has 0 fully saturated rings. The van der Waals surface area contributed by atoms with Crippen molar-refractivity contribution < 1.29 is 18.7 Å². The summed E-state index contributed by atoms with van der Waals surface area (Å²) in [5, 5.41) is 0.696. The Morgan fingerprint density at radius 1 is 1.27 bits per heavy atom. The normalized spacial score (nSPS) is 10.3. The van der Waals surface area contributed by atoms with E-state index in [1.807, 2.05) is 0 Å². The van der Waals surface area contributed by atoms with Gasteiger partial charge >= 0.3 is 0 Å². The summed E-state index contributed by atoms with van der Waals surface area (Å²) >= 11 is 0. The Balaban J connectivity index is 2.80. The fourth-order valence-electron chi connectivity index (χ4n) is 1.51. The third-order valence-electron chi connectivity index (χ3n) is 2.21. The molecule has 15 heavy (non-hydrogen) atoms. The van der Waals surface area contributed by atoms with E-state index >= 15 is 0 Å². The van der Waals surface area contributed by atoms with E-state index in [1.165, 1.54) is 7.11 Å². The van der Waals surface area contributed by atoms with Crippen molar-refractivity contribution in [2.75, 3.05) is 14.2 Å². The van der Waals surface area contributed by atoms with Gasteiger partial charge < -0.3 is 13.9 Å². The first-order valence-electron chi connectivity index (χ1n) is 4.40. The minimum Gasteiger partial charge on any atom is -0.493 e. The van der Waals surface area contributed by atoms with Crippen LogP contribution in [-0.2, 0) is 0 Å². The van der Waals surface area contributed by atoms with Crippen LogP contribution in [0.25, 0.3) is 11.0 Å². The van der Waals surface area contributed by atoms with Gasteiger partial charge in [0.05, 0.1) is 14.2 Å². The number of furan rings is 1. The molecular formula is C11H10O4. The molecule has 1 aromatic heterocycles. The molecule has 2 rings (SSSR count). The maximum Gasteiger partial charge on any atom is 0.296 e. The van der Waals surface area contributed by atoms with Crippen molar-refractivity contribution in [2.24, 2.45) is 0 Å². The van der Waals surface area contributed by atoms with E-state index < -0.39 is 0 Å². The molecule has 4 heteroatoms. The Hall–Kier alpha value is -1.97. The second kappa shape index (κ2) is 3.65. The Morgan fingerprint density at radius 3 is 2.67 bits per heavy atom. The number of hydrogen-bond acceptors (Lipinski definition) is 4. The van der Waals surface area contributed by atoms with Crippen molar-refractivity contribution in [3.8, 4) is 11.7 Å². The minimum absolute atomic E-state index is 0.213. The van der Waals surface area contributed by atoms with Gasteiger partial charge in [0, 0.05) is 5.39 Å². The van der Waals surface area contributed by atoms with Crippen molar-refractivity contribution >= 4 is 17.3 Å². The van der Waals surface area contributed by atoms with E-state index in [1.54, 1.807) is 25.3 Å². The molecule has 0 radical (unpaired) electrons. The number of rotatable bonds is 3. The molecule has 0 bridgehead atoms. The molecule has 0 aliphatic carbocycles. The van der Waals surface area contributed by atoms with Gasteiger partial charge in [-0.25, -0.2) is 0 Å².